The highest BCUT2D eigenvalue weighted by Crippen LogP contribution is 2.42. The van der Waals surface area contributed by atoms with Crippen molar-refractivity contribution in [3.63, 3.8) is 0 Å². The summed E-state index contributed by atoms with van der Waals surface area (Å²) in [5, 5.41) is 8.70. The van der Waals surface area contributed by atoms with Crippen LogP contribution in [0.3, 0.4) is 0 Å². The zero-order chi connectivity index (χ0) is 18.9. The lowest BCUT2D eigenvalue weighted by Gasteiger charge is -2.34. The summed E-state index contributed by atoms with van der Waals surface area (Å²) in [4.78, 5) is 4.09. The van der Waals surface area contributed by atoms with Crippen LogP contribution >= 0.6 is 0 Å². The van der Waals surface area contributed by atoms with Crippen LogP contribution in [0.1, 0.15) is 67.2 Å². The number of aliphatic hydroxyl groups excluding tert-OH is 1. The standard InChI is InChI=1S/C23H37NO/c1-18(13-15-24-16-17-25)9-10-19(2)20(3)11-12-22-21(4)8-7-14-23(22,5)6/h9-11,13,15,19,25H,7-8,12,14,16-17H2,1-6H3/b10-9+,18-13+,20-11+,24-15?. The Kier molecular flexibility index (Phi) is 9.13. The molecule has 0 amide bonds. The second-order valence-electron chi connectivity index (χ2n) is 7.99. The fourth-order valence-electron chi connectivity index (χ4n) is 3.38. The van der Waals surface area contributed by atoms with E-state index in [4.69, 9.17) is 5.11 Å². The van der Waals surface area contributed by atoms with Gasteiger partial charge >= 0.3 is 0 Å². The topological polar surface area (TPSA) is 32.6 Å². The van der Waals surface area contributed by atoms with Crippen molar-refractivity contribution in [1.82, 2.24) is 0 Å². The molecule has 140 valence electrons. The summed E-state index contributed by atoms with van der Waals surface area (Å²) in [6, 6.07) is 0. The summed E-state index contributed by atoms with van der Waals surface area (Å²) in [5.41, 5.74) is 6.20. The molecule has 0 spiro atoms. The van der Waals surface area contributed by atoms with Gasteiger partial charge in [0.25, 0.3) is 0 Å². The van der Waals surface area contributed by atoms with Gasteiger partial charge in [-0.15, -0.1) is 0 Å². The molecule has 0 aromatic rings. The Morgan fingerprint density at radius 1 is 1.32 bits per heavy atom. The predicted octanol–water partition coefficient (Wildman–Crippen LogP) is 6.05. The molecule has 1 unspecified atom stereocenters. The van der Waals surface area contributed by atoms with Gasteiger partial charge in [0.1, 0.15) is 0 Å². The third-order valence-electron chi connectivity index (χ3n) is 5.35. The van der Waals surface area contributed by atoms with Crippen molar-refractivity contribution in [2.45, 2.75) is 67.2 Å². The van der Waals surface area contributed by atoms with Crippen molar-refractivity contribution >= 4 is 6.21 Å². The lowest BCUT2D eigenvalue weighted by Crippen LogP contribution is -2.20. The first-order valence-electron chi connectivity index (χ1n) is 9.59. The summed E-state index contributed by atoms with van der Waals surface area (Å²) >= 11 is 0. The van der Waals surface area contributed by atoms with Crippen LogP contribution < -0.4 is 0 Å². The summed E-state index contributed by atoms with van der Waals surface area (Å²) in [6.45, 7) is 14.2. The maximum absolute atomic E-state index is 8.70. The Bertz CT molecular complexity index is 573. The van der Waals surface area contributed by atoms with Gasteiger partial charge in [-0.05, 0) is 69.4 Å². The molecule has 1 atom stereocenters. The van der Waals surface area contributed by atoms with Crippen LogP contribution in [0.25, 0.3) is 0 Å². The SMILES string of the molecule is CC1=C(C/C=C(\C)C(C)/C=C/C(C)=C/C=NCCO)C(C)(C)CCC1. The van der Waals surface area contributed by atoms with Crippen LogP contribution in [-0.2, 0) is 0 Å². The third kappa shape index (κ3) is 7.56. The van der Waals surface area contributed by atoms with Gasteiger partial charge in [-0.2, -0.15) is 0 Å². The number of hydrogen-bond donors (Lipinski definition) is 1. The van der Waals surface area contributed by atoms with Crippen molar-refractivity contribution < 1.29 is 5.11 Å². The molecule has 1 N–H and O–H groups in total. The maximum atomic E-state index is 8.70. The van der Waals surface area contributed by atoms with E-state index in [0.717, 1.165) is 6.42 Å². The molecular formula is C23H37NO. The number of allylic oxidation sites excluding steroid dienone is 8. The van der Waals surface area contributed by atoms with E-state index in [1.165, 1.54) is 30.4 Å². The number of aliphatic hydroxyl groups is 1. The number of aliphatic imine (C=N–C) groups is 1. The Morgan fingerprint density at radius 3 is 2.68 bits per heavy atom. The molecule has 25 heavy (non-hydrogen) atoms. The zero-order valence-corrected chi connectivity index (χ0v) is 17.1. The highest BCUT2D eigenvalue weighted by molar-refractivity contribution is 5.72. The van der Waals surface area contributed by atoms with Crippen LogP contribution in [-0.4, -0.2) is 24.5 Å². The zero-order valence-electron chi connectivity index (χ0n) is 17.1. The molecule has 0 aromatic carbocycles. The van der Waals surface area contributed by atoms with Crippen molar-refractivity contribution in [1.29, 1.82) is 0 Å². The molecule has 0 bridgehead atoms. The van der Waals surface area contributed by atoms with Gasteiger partial charge in [-0.25, -0.2) is 0 Å². The fourth-order valence-corrected chi connectivity index (χ4v) is 3.38. The summed E-state index contributed by atoms with van der Waals surface area (Å²) < 4.78 is 0. The Labute approximate surface area is 155 Å². The van der Waals surface area contributed by atoms with E-state index in [-0.39, 0.29) is 6.61 Å². The fraction of sp³-hybridized carbons (Fsp3) is 0.609. The number of nitrogens with zero attached hydrogens (tertiary/aromatic N) is 1. The van der Waals surface area contributed by atoms with Crippen molar-refractivity contribution in [3.05, 3.63) is 46.6 Å². The van der Waals surface area contributed by atoms with E-state index in [1.54, 1.807) is 17.4 Å². The molecule has 2 nitrogen and oxygen atoms in total. The normalized spacial score (nSPS) is 20.8. The third-order valence-corrected chi connectivity index (χ3v) is 5.35. The quantitative estimate of drug-likeness (QED) is 0.325. The van der Waals surface area contributed by atoms with Gasteiger partial charge in [0.15, 0.2) is 0 Å². The molecule has 1 rings (SSSR count). The largest absolute Gasteiger partial charge is 0.394 e. The maximum Gasteiger partial charge on any atom is 0.0626 e. The van der Waals surface area contributed by atoms with Crippen molar-refractivity contribution in [3.8, 4) is 0 Å². The summed E-state index contributed by atoms with van der Waals surface area (Å²) in [6.07, 6.45) is 15.6. The molecule has 1 aliphatic carbocycles. The minimum absolute atomic E-state index is 0.104. The minimum Gasteiger partial charge on any atom is -0.394 e. The van der Waals surface area contributed by atoms with Crippen LogP contribution in [0.5, 0.6) is 0 Å². The number of rotatable bonds is 8. The van der Waals surface area contributed by atoms with E-state index in [2.05, 4.69) is 64.8 Å². The first-order chi connectivity index (χ1) is 11.8. The highest BCUT2D eigenvalue weighted by Gasteiger charge is 2.27. The predicted molar refractivity (Wildman–Crippen MR) is 111 cm³/mol. The monoisotopic (exact) mass is 343 g/mol. The molecule has 0 heterocycles. The average Bonchev–Trinajstić information content (AvgIpc) is 2.55. The first-order valence-corrected chi connectivity index (χ1v) is 9.59. The number of hydrogen-bond acceptors (Lipinski definition) is 2. The smallest absolute Gasteiger partial charge is 0.0626 e. The van der Waals surface area contributed by atoms with Gasteiger partial charge in [0, 0.05) is 6.21 Å². The van der Waals surface area contributed by atoms with Crippen molar-refractivity contribution in [2.24, 2.45) is 16.3 Å². The molecule has 0 aromatic heterocycles. The molecular weight excluding hydrogens is 306 g/mol. The van der Waals surface area contributed by atoms with Crippen LogP contribution in [0, 0.1) is 11.3 Å². The molecule has 0 saturated carbocycles. The van der Waals surface area contributed by atoms with Gasteiger partial charge in [-0.1, -0.05) is 55.7 Å². The van der Waals surface area contributed by atoms with Gasteiger partial charge in [0.2, 0.25) is 0 Å². The molecule has 2 heteroatoms. The van der Waals surface area contributed by atoms with Gasteiger partial charge < -0.3 is 5.11 Å². The van der Waals surface area contributed by atoms with Gasteiger partial charge in [-0.3, -0.25) is 4.99 Å². The Morgan fingerprint density at radius 2 is 2.04 bits per heavy atom. The van der Waals surface area contributed by atoms with E-state index >= 15 is 0 Å². The Balaban J connectivity index is 2.68. The van der Waals surface area contributed by atoms with E-state index < -0.39 is 0 Å². The van der Waals surface area contributed by atoms with E-state index in [1.807, 2.05) is 6.08 Å². The van der Waals surface area contributed by atoms with Crippen molar-refractivity contribution in [2.75, 3.05) is 13.2 Å². The second-order valence-corrected chi connectivity index (χ2v) is 7.99. The average molecular weight is 344 g/mol. The van der Waals surface area contributed by atoms with Gasteiger partial charge in [0.05, 0.1) is 13.2 Å². The minimum atomic E-state index is 0.104. The Hall–Kier alpha value is -1.41. The lowest BCUT2D eigenvalue weighted by atomic mass is 9.71. The van der Waals surface area contributed by atoms with Crippen LogP contribution in [0.2, 0.25) is 0 Å². The highest BCUT2D eigenvalue weighted by atomic mass is 16.3. The van der Waals surface area contributed by atoms with Crippen LogP contribution in [0.15, 0.2) is 51.6 Å². The molecule has 0 radical (unpaired) electrons. The summed E-state index contributed by atoms with van der Waals surface area (Å²) in [7, 11) is 0. The molecule has 1 aliphatic rings. The van der Waals surface area contributed by atoms with E-state index in [9.17, 15) is 0 Å². The second kappa shape index (κ2) is 10.6. The van der Waals surface area contributed by atoms with E-state index in [0.29, 0.717) is 17.9 Å². The van der Waals surface area contributed by atoms with Crippen LogP contribution in [0.4, 0.5) is 0 Å². The lowest BCUT2D eigenvalue weighted by molar-refractivity contribution is 0.307. The molecule has 0 saturated heterocycles. The molecule has 0 aliphatic heterocycles. The summed E-state index contributed by atoms with van der Waals surface area (Å²) in [5.74, 6) is 0.435. The first kappa shape index (κ1) is 21.6. The molecule has 0 fully saturated rings.